The lowest BCUT2D eigenvalue weighted by atomic mass is 10.0. The van der Waals surface area contributed by atoms with E-state index in [1.807, 2.05) is 32.9 Å². The van der Waals surface area contributed by atoms with Crippen LogP contribution in [0.2, 0.25) is 0 Å². The molecule has 0 aliphatic carbocycles. The summed E-state index contributed by atoms with van der Waals surface area (Å²) in [5, 5.41) is 15.2. The number of aliphatic hydroxyl groups is 1. The number of aliphatic hydroxyl groups excluding tert-OH is 1. The lowest BCUT2D eigenvalue weighted by molar-refractivity contribution is -0.127. The second-order valence-electron chi connectivity index (χ2n) is 6.69. The fourth-order valence-corrected chi connectivity index (χ4v) is 2.73. The zero-order chi connectivity index (χ0) is 17.7. The standard InChI is InChI=1S/C18H26N2O4/c1-11(2)9-15(17(22)19-14-7-8-24-18(14)23)20-16(21)13-6-4-5-12(3)10-13/h4-6,10-11,14-15,18,23H,7-9H2,1-3H3,(H,19,22)(H,20,21)/t14-,15-,18?/m0/s1. The maximum absolute atomic E-state index is 12.5. The highest BCUT2D eigenvalue weighted by atomic mass is 16.6. The van der Waals surface area contributed by atoms with Crippen LogP contribution in [-0.4, -0.2) is 41.9 Å². The molecule has 3 atom stereocenters. The molecule has 1 aliphatic heterocycles. The Labute approximate surface area is 142 Å². The van der Waals surface area contributed by atoms with Crippen molar-refractivity contribution in [2.24, 2.45) is 5.92 Å². The van der Waals surface area contributed by atoms with Gasteiger partial charge >= 0.3 is 0 Å². The summed E-state index contributed by atoms with van der Waals surface area (Å²) in [4.78, 5) is 25.0. The van der Waals surface area contributed by atoms with Gasteiger partial charge in [-0.25, -0.2) is 0 Å². The predicted octanol–water partition coefficient (Wildman–Crippen LogP) is 1.36. The van der Waals surface area contributed by atoms with Crippen molar-refractivity contribution in [3.8, 4) is 0 Å². The summed E-state index contributed by atoms with van der Waals surface area (Å²) in [5.41, 5.74) is 1.51. The average Bonchev–Trinajstić information content (AvgIpc) is 2.91. The fraction of sp³-hybridized carbons (Fsp3) is 0.556. The summed E-state index contributed by atoms with van der Waals surface area (Å²) in [6, 6.07) is 6.16. The van der Waals surface area contributed by atoms with Crippen LogP contribution in [0.15, 0.2) is 24.3 Å². The largest absolute Gasteiger partial charge is 0.366 e. The Balaban J connectivity index is 2.04. The second-order valence-corrected chi connectivity index (χ2v) is 6.69. The highest BCUT2D eigenvalue weighted by Gasteiger charge is 2.31. The molecule has 1 fully saturated rings. The van der Waals surface area contributed by atoms with Gasteiger partial charge in [-0.2, -0.15) is 0 Å². The van der Waals surface area contributed by atoms with Gasteiger partial charge in [0.25, 0.3) is 5.91 Å². The van der Waals surface area contributed by atoms with E-state index in [2.05, 4.69) is 10.6 Å². The average molecular weight is 334 g/mol. The van der Waals surface area contributed by atoms with E-state index in [0.717, 1.165) is 5.56 Å². The summed E-state index contributed by atoms with van der Waals surface area (Å²) in [7, 11) is 0. The van der Waals surface area contributed by atoms with Crippen molar-refractivity contribution >= 4 is 11.8 Å². The minimum atomic E-state index is -0.985. The number of hydrogen-bond acceptors (Lipinski definition) is 4. The molecule has 0 radical (unpaired) electrons. The fourth-order valence-electron chi connectivity index (χ4n) is 2.73. The molecule has 1 aromatic rings. The van der Waals surface area contributed by atoms with E-state index in [1.165, 1.54) is 0 Å². The Morgan fingerprint density at radius 2 is 2.12 bits per heavy atom. The molecular weight excluding hydrogens is 308 g/mol. The number of ether oxygens (including phenoxy) is 1. The molecule has 3 N–H and O–H groups in total. The van der Waals surface area contributed by atoms with Gasteiger partial charge < -0.3 is 20.5 Å². The molecule has 24 heavy (non-hydrogen) atoms. The van der Waals surface area contributed by atoms with Crippen molar-refractivity contribution < 1.29 is 19.4 Å². The predicted molar refractivity (Wildman–Crippen MR) is 90.4 cm³/mol. The smallest absolute Gasteiger partial charge is 0.251 e. The van der Waals surface area contributed by atoms with Crippen LogP contribution in [0.4, 0.5) is 0 Å². The van der Waals surface area contributed by atoms with Gasteiger partial charge in [-0.3, -0.25) is 9.59 Å². The third kappa shape index (κ3) is 5.04. The molecule has 1 heterocycles. The van der Waals surface area contributed by atoms with E-state index in [4.69, 9.17) is 4.74 Å². The van der Waals surface area contributed by atoms with E-state index < -0.39 is 18.4 Å². The van der Waals surface area contributed by atoms with E-state index in [0.29, 0.717) is 25.0 Å². The van der Waals surface area contributed by atoms with Crippen molar-refractivity contribution in [2.45, 2.75) is 52.0 Å². The number of hydrogen-bond donors (Lipinski definition) is 3. The van der Waals surface area contributed by atoms with Gasteiger partial charge in [0.1, 0.15) is 6.04 Å². The molecule has 6 nitrogen and oxygen atoms in total. The number of amides is 2. The molecule has 2 rings (SSSR count). The highest BCUT2D eigenvalue weighted by molar-refractivity contribution is 5.97. The summed E-state index contributed by atoms with van der Waals surface area (Å²) < 4.78 is 5.04. The monoisotopic (exact) mass is 334 g/mol. The maximum atomic E-state index is 12.5. The third-order valence-electron chi connectivity index (χ3n) is 4.00. The van der Waals surface area contributed by atoms with Gasteiger partial charge in [0.15, 0.2) is 6.29 Å². The molecule has 0 bridgehead atoms. The maximum Gasteiger partial charge on any atom is 0.251 e. The minimum Gasteiger partial charge on any atom is -0.366 e. The Hall–Kier alpha value is -1.92. The van der Waals surface area contributed by atoms with Crippen LogP contribution >= 0.6 is 0 Å². The van der Waals surface area contributed by atoms with Crippen LogP contribution in [0.5, 0.6) is 0 Å². The normalized spacial score (nSPS) is 21.5. The molecule has 2 amide bonds. The van der Waals surface area contributed by atoms with Crippen molar-refractivity contribution in [3.05, 3.63) is 35.4 Å². The van der Waals surface area contributed by atoms with Crippen molar-refractivity contribution in [1.29, 1.82) is 0 Å². The molecule has 0 saturated carbocycles. The zero-order valence-electron chi connectivity index (χ0n) is 14.4. The van der Waals surface area contributed by atoms with E-state index in [-0.39, 0.29) is 17.7 Å². The Kier molecular flexibility index (Phi) is 6.34. The van der Waals surface area contributed by atoms with Gasteiger partial charge in [-0.05, 0) is 37.8 Å². The van der Waals surface area contributed by atoms with Crippen molar-refractivity contribution in [2.75, 3.05) is 6.61 Å². The summed E-state index contributed by atoms with van der Waals surface area (Å²) in [6.07, 6.45) is 0.0985. The van der Waals surface area contributed by atoms with Crippen LogP contribution in [-0.2, 0) is 9.53 Å². The quantitative estimate of drug-likeness (QED) is 0.733. The third-order valence-corrected chi connectivity index (χ3v) is 4.00. The van der Waals surface area contributed by atoms with Gasteiger partial charge in [-0.15, -0.1) is 0 Å². The van der Waals surface area contributed by atoms with Crippen molar-refractivity contribution in [3.63, 3.8) is 0 Å². The minimum absolute atomic E-state index is 0.239. The summed E-state index contributed by atoms with van der Waals surface area (Å²) >= 11 is 0. The first-order valence-corrected chi connectivity index (χ1v) is 8.34. The van der Waals surface area contributed by atoms with Crippen LogP contribution in [0.25, 0.3) is 0 Å². The first-order chi connectivity index (χ1) is 11.4. The topological polar surface area (TPSA) is 87.7 Å². The molecular formula is C18H26N2O4. The van der Waals surface area contributed by atoms with E-state index in [9.17, 15) is 14.7 Å². The van der Waals surface area contributed by atoms with E-state index in [1.54, 1.807) is 12.1 Å². The number of aryl methyl sites for hydroxylation is 1. The van der Waals surface area contributed by atoms with Crippen LogP contribution in [0, 0.1) is 12.8 Å². The lowest BCUT2D eigenvalue weighted by Gasteiger charge is -2.23. The molecule has 1 aliphatic rings. The second kappa shape index (κ2) is 8.26. The Morgan fingerprint density at radius 1 is 1.38 bits per heavy atom. The lowest BCUT2D eigenvalue weighted by Crippen LogP contribution is -2.51. The SMILES string of the molecule is Cc1cccc(C(=O)N[C@@H](CC(C)C)C(=O)N[C@H]2CCOC2O)c1. The molecule has 0 aromatic heterocycles. The molecule has 1 saturated heterocycles. The van der Waals surface area contributed by atoms with E-state index >= 15 is 0 Å². The first kappa shape index (κ1) is 18.4. The number of nitrogens with one attached hydrogen (secondary N) is 2. The summed E-state index contributed by atoms with van der Waals surface area (Å²) in [6.45, 7) is 6.31. The Morgan fingerprint density at radius 3 is 2.71 bits per heavy atom. The van der Waals surface area contributed by atoms with Gasteiger partial charge in [0.05, 0.1) is 12.6 Å². The van der Waals surface area contributed by atoms with Crippen LogP contribution < -0.4 is 10.6 Å². The zero-order valence-corrected chi connectivity index (χ0v) is 14.4. The summed E-state index contributed by atoms with van der Waals surface area (Å²) in [5.74, 6) is -0.328. The van der Waals surface area contributed by atoms with Gasteiger partial charge in [0, 0.05) is 5.56 Å². The van der Waals surface area contributed by atoms with Crippen molar-refractivity contribution in [1.82, 2.24) is 10.6 Å². The first-order valence-electron chi connectivity index (χ1n) is 8.34. The van der Waals surface area contributed by atoms with Crippen LogP contribution in [0.1, 0.15) is 42.6 Å². The van der Waals surface area contributed by atoms with Crippen LogP contribution in [0.3, 0.4) is 0 Å². The molecule has 0 spiro atoms. The number of rotatable bonds is 6. The molecule has 1 unspecified atom stereocenters. The number of benzene rings is 1. The van der Waals surface area contributed by atoms with Gasteiger partial charge in [-0.1, -0.05) is 31.5 Å². The number of carbonyl (C=O) groups excluding carboxylic acids is 2. The molecule has 132 valence electrons. The highest BCUT2D eigenvalue weighted by Crippen LogP contribution is 2.13. The molecule has 1 aromatic carbocycles. The van der Waals surface area contributed by atoms with Gasteiger partial charge in [0.2, 0.25) is 5.91 Å². The Bertz CT molecular complexity index is 588. The molecule has 6 heteroatoms. The number of carbonyl (C=O) groups is 2.